The van der Waals surface area contributed by atoms with E-state index in [2.05, 4.69) is 30.6 Å². The predicted octanol–water partition coefficient (Wildman–Crippen LogP) is 7.08. The lowest BCUT2D eigenvalue weighted by Gasteiger charge is -2.35. The Kier molecular flexibility index (Phi) is 10.0. The van der Waals surface area contributed by atoms with Crippen LogP contribution in [0.1, 0.15) is 75.4 Å². The average Bonchev–Trinajstić information content (AvgIpc) is 3.55. The number of halogens is 3. The molecular formula is C38H38ClF2N9O4. The third-order valence-corrected chi connectivity index (χ3v) is 9.58. The SMILES string of the molecule is CC(C)(C)C[C@]1(c2ccc(-c3cnn(C4CC4)n3)cc2)NC(=NC(=O)OCc2ccccc2)N([C@H](CO)c2ccc(Cl)c(-c3ncnn3C(F)F)c2)C1=O. The van der Waals surface area contributed by atoms with Crippen LogP contribution in [0, 0.1) is 5.41 Å². The molecule has 2 fully saturated rings. The zero-order chi connectivity index (χ0) is 38.2. The van der Waals surface area contributed by atoms with Gasteiger partial charge in [-0.3, -0.25) is 9.69 Å². The van der Waals surface area contributed by atoms with Gasteiger partial charge in [-0.2, -0.15) is 33.6 Å². The number of amides is 2. The number of ether oxygens (including phenoxy) is 1. The van der Waals surface area contributed by atoms with E-state index in [9.17, 15) is 18.7 Å². The van der Waals surface area contributed by atoms with Crippen molar-refractivity contribution in [1.29, 1.82) is 0 Å². The van der Waals surface area contributed by atoms with Crippen molar-refractivity contribution in [2.75, 3.05) is 6.61 Å². The molecule has 1 saturated heterocycles. The molecule has 13 nitrogen and oxygen atoms in total. The minimum Gasteiger partial charge on any atom is -0.443 e. The number of aliphatic hydroxyl groups excluding tert-OH is 1. The number of benzene rings is 3. The number of aromatic nitrogens is 6. The van der Waals surface area contributed by atoms with Crippen molar-refractivity contribution in [1.82, 2.24) is 40.0 Å². The van der Waals surface area contributed by atoms with Crippen molar-refractivity contribution in [2.24, 2.45) is 10.4 Å². The molecule has 2 atom stereocenters. The first-order valence-electron chi connectivity index (χ1n) is 17.4. The van der Waals surface area contributed by atoms with Crippen LogP contribution in [0.15, 0.2) is 90.3 Å². The second kappa shape index (κ2) is 14.7. The van der Waals surface area contributed by atoms with E-state index in [0.717, 1.165) is 30.3 Å². The quantitative estimate of drug-likeness (QED) is 0.144. The van der Waals surface area contributed by atoms with Crippen LogP contribution < -0.4 is 5.32 Å². The molecule has 7 rings (SSSR count). The lowest BCUT2D eigenvalue weighted by Crippen LogP contribution is -2.47. The van der Waals surface area contributed by atoms with E-state index in [1.807, 2.05) is 63.2 Å². The number of hydrogen-bond donors (Lipinski definition) is 2. The van der Waals surface area contributed by atoms with Gasteiger partial charge in [0.25, 0.3) is 5.91 Å². The minimum absolute atomic E-state index is 0.0703. The Labute approximate surface area is 314 Å². The molecule has 1 aliphatic carbocycles. The summed E-state index contributed by atoms with van der Waals surface area (Å²) in [4.78, 5) is 39.7. The van der Waals surface area contributed by atoms with Crippen LogP contribution in [0.4, 0.5) is 13.6 Å². The number of alkyl halides is 2. The monoisotopic (exact) mass is 757 g/mol. The van der Waals surface area contributed by atoms with Gasteiger partial charge in [-0.25, -0.2) is 9.78 Å². The van der Waals surface area contributed by atoms with Crippen molar-refractivity contribution >= 4 is 29.6 Å². The van der Waals surface area contributed by atoms with Crippen LogP contribution in [0.3, 0.4) is 0 Å². The molecule has 0 spiro atoms. The molecule has 1 saturated carbocycles. The Hall–Kier alpha value is -5.54. The highest BCUT2D eigenvalue weighted by molar-refractivity contribution is 6.33. The molecule has 5 aromatic rings. The molecule has 0 radical (unpaired) electrons. The van der Waals surface area contributed by atoms with Gasteiger partial charge in [0.1, 0.15) is 24.2 Å². The maximum absolute atomic E-state index is 15.2. The number of rotatable bonds is 11. The summed E-state index contributed by atoms with van der Waals surface area (Å²) in [6.07, 6.45) is 4.04. The first-order valence-corrected chi connectivity index (χ1v) is 17.8. The van der Waals surface area contributed by atoms with Gasteiger partial charge in [0.05, 0.1) is 29.9 Å². The van der Waals surface area contributed by atoms with Crippen LogP contribution >= 0.6 is 11.6 Å². The lowest BCUT2D eigenvalue weighted by atomic mass is 9.75. The summed E-state index contributed by atoms with van der Waals surface area (Å²) in [6.45, 7) is 2.23. The van der Waals surface area contributed by atoms with Gasteiger partial charge >= 0.3 is 12.6 Å². The third kappa shape index (κ3) is 7.46. The van der Waals surface area contributed by atoms with Crippen LogP contribution in [0.25, 0.3) is 22.6 Å². The topological polar surface area (TPSA) is 153 Å². The maximum Gasteiger partial charge on any atom is 0.437 e. The Morgan fingerprint density at radius 1 is 1.09 bits per heavy atom. The predicted molar refractivity (Wildman–Crippen MR) is 195 cm³/mol. The molecule has 2 aromatic heterocycles. The van der Waals surface area contributed by atoms with Gasteiger partial charge in [0.15, 0.2) is 5.82 Å². The van der Waals surface area contributed by atoms with Gasteiger partial charge in [0, 0.05) is 11.1 Å². The number of nitrogens with zero attached hydrogens (tertiary/aromatic N) is 8. The first kappa shape index (κ1) is 36.8. The van der Waals surface area contributed by atoms with E-state index < -0.39 is 42.2 Å². The van der Waals surface area contributed by atoms with Gasteiger partial charge in [-0.05, 0) is 53.5 Å². The highest BCUT2D eigenvalue weighted by Crippen LogP contribution is 2.43. The van der Waals surface area contributed by atoms with Gasteiger partial charge in [-0.15, -0.1) is 4.99 Å². The summed E-state index contributed by atoms with van der Waals surface area (Å²) in [5.74, 6) is -0.882. The van der Waals surface area contributed by atoms with E-state index in [0.29, 0.717) is 27.5 Å². The normalized spacial score (nSPS) is 18.7. The maximum atomic E-state index is 15.2. The Morgan fingerprint density at radius 2 is 1.83 bits per heavy atom. The van der Waals surface area contributed by atoms with Crippen molar-refractivity contribution in [3.8, 4) is 22.6 Å². The van der Waals surface area contributed by atoms with Crippen molar-refractivity contribution in [3.05, 3.63) is 107 Å². The number of aliphatic hydroxyl groups is 1. The Bertz CT molecular complexity index is 2180. The molecule has 0 unspecified atom stereocenters. The number of carbonyl (C=O) groups excluding carboxylic acids is 2. The molecule has 3 heterocycles. The van der Waals surface area contributed by atoms with Crippen LogP contribution in [0.2, 0.25) is 5.02 Å². The highest BCUT2D eigenvalue weighted by atomic mass is 35.5. The molecule has 3 aromatic carbocycles. The number of carbonyl (C=O) groups is 2. The van der Waals surface area contributed by atoms with E-state index in [1.165, 1.54) is 17.0 Å². The molecule has 2 N–H and O–H groups in total. The van der Waals surface area contributed by atoms with Crippen LogP contribution in [0.5, 0.6) is 0 Å². The summed E-state index contributed by atoms with van der Waals surface area (Å²) < 4.78 is 33.6. The second-order valence-corrected chi connectivity index (χ2v) is 14.9. The zero-order valence-electron chi connectivity index (χ0n) is 29.7. The number of nitrogens with one attached hydrogen (secondary N) is 1. The van der Waals surface area contributed by atoms with Crippen LogP contribution in [-0.4, -0.2) is 64.3 Å². The minimum atomic E-state index is -3.00. The molecule has 0 bridgehead atoms. The molecule has 1 aliphatic heterocycles. The van der Waals surface area contributed by atoms with E-state index in [4.69, 9.17) is 16.3 Å². The number of hydrogen-bond acceptors (Lipinski definition) is 8. The lowest BCUT2D eigenvalue weighted by molar-refractivity contribution is -0.134. The standard InChI is InChI=1S/C38H38ClF2N9O4/c1-37(2,3)21-38(26-12-9-24(10-13-26)30-18-43-50(47-30)27-14-15-27)33(52)48(35(46-38)45-36(53)54-20-23-7-5-4-6-8-23)31(19-51)25-11-16-29(39)28(17-25)32-42-22-44-49(32)34(40)41/h4-13,16-18,22,27,31,34,51H,14-15,19-21H2,1-3H3,(H,45,46,53)/t31-,38-/m1/s1. The Morgan fingerprint density at radius 3 is 2.50 bits per heavy atom. The fraction of sp³-hybridized carbons (Fsp3) is 0.342. The van der Waals surface area contributed by atoms with Crippen molar-refractivity contribution in [2.45, 2.75) is 70.8 Å². The van der Waals surface area contributed by atoms with Crippen molar-refractivity contribution < 1.29 is 28.2 Å². The van der Waals surface area contributed by atoms with E-state index in [-0.39, 0.29) is 35.4 Å². The molecular weight excluding hydrogens is 720 g/mol. The summed E-state index contributed by atoms with van der Waals surface area (Å²) in [5, 5.41) is 27.0. The summed E-state index contributed by atoms with van der Waals surface area (Å²) in [5.41, 5.74) is 1.28. The zero-order valence-corrected chi connectivity index (χ0v) is 30.5. The fourth-order valence-corrected chi connectivity index (χ4v) is 6.89. The molecule has 280 valence electrons. The van der Waals surface area contributed by atoms with Gasteiger partial charge < -0.3 is 15.2 Å². The molecule has 16 heteroatoms. The molecule has 2 aliphatic rings. The smallest absolute Gasteiger partial charge is 0.437 e. The molecule has 54 heavy (non-hydrogen) atoms. The summed E-state index contributed by atoms with van der Waals surface area (Å²) in [6, 6.07) is 20.0. The first-order chi connectivity index (χ1) is 25.9. The third-order valence-electron chi connectivity index (χ3n) is 9.25. The Balaban J connectivity index is 1.31. The average molecular weight is 758 g/mol. The summed E-state index contributed by atoms with van der Waals surface area (Å²) >= 11 is 6.48. The summed E-state index contributed by atoms with van der Waals surface area (Å²) in [7, 11) is 0. The van der Waals surface area contributed by atoms with E-state index >= 15 is 4.79 Å². The number of guanidine groups is 1. The highest BCUT2D eigenvalue weighted by Gasteiger charge is 2.55. The largest absolute Gasteiger partial charge is 0.443 e. The van der Waals surface area contributed by atoms with Gasteiger partial charge in [0.2, 0.25) is 5.96 Å². The second-order valence-electron chi connectivity index (χ2n) is 14.5. The van der Waals surface area contributed by atoms with E-state index in [1.54, 1.807) is 29.2 Å². The number of aliphatic imine (C=N–C) groups is 1. The van der Waals surface area contributed by atoms with Gasteiger partial charge in [-0.1, -0.05) is 93.0 Å². The fourth-order valence-electron chi connectivity index (χ4n) is 6.69. The van der Waals surface area contributed by atoms with Crippen molar-refractivity contribution in [3.63, 3.8) is 0 Å². The van der Waals surface area contributed by atoms with Crippen LogP contribution in [-0.2, 0) is 21.7 Å². The molecule has 2 amide bonds.